The molecular formula is C14H11F4NO2S. The highest BCUT2D eigenvalue weighted by molar-refractivity contribution is 7.92. The maximum atomic E-state index is 13.0. The Labute approximate surface area is 124 Å². The van der Waals surface area contributed by atoms with Crippen molar-refractivity contribution in [2.45, 2.75) is 18.0 Å². The highest BCUT2D eigenvalue weighted by atomic mass is 32.2. The van der Waals surface area contributed by atoms with Crippen LogP contribution in [0, 0.1) is 12.7 Å². The molecule has 118 valence electrons. The first-order valence-electron chi connectivity index (χ1n) is 6.06. The van der Waals surface area contributed by atoms with Crippen molar-refractivity contribution in [2.75, 3.05) is 4.72 Å². The smallest absolute Gasteiger partial charge is 0.279 e. The van der Waals surface area contributed by atoms with E-state index in [1.54, 1.807) is 0 Å². The van der Waals surface area contributed by atoms with Crippen molar-refractivity contribution < 1.29 is 26.0 Å². The molecule has 2 aromatic carbocycles. The van der Waals surface area contributed by atoms with Crippen molar-refractivity contribution >= 4 is 15.7 Å². The molecule has 0 saturated heterocycles. The first-order chi connectivity index (χ1) is 10.1. The Morgan fingerprint density at radius 3 is 2.32 bits per heavy atom. The van der Waals surface area contributed by atoms with Gasteiger partial charge in [-0.15, -0.1) is 0 Å². The SMILES string of the molecule is Cc1cc(F)ccc1NS(=O)(=O)c1cccc(C(F)(F)F)c1. The highest BCUT2D eigenvalue weighted by Crippen LogP contribution is 2.31. The second kappa shape index (κ2) is 5.60. The van der Waals surface area contributed by atoms with Gasteiger partial charge in [-0.25, -0.2) is 12.8 Å². The summed E-state index contributed by atoms with van der Waals surface area (Å²) in [5.74, 6) is -0.542. The van der Waals surface area contributed by atoms with Gasteiger partial charge < -0.3 is 0 Å². The van der Waals surface area contributed by atoms with Gasteiger partial charge in [0.2, 0.25) is 0 Å². The molecule has 0 fully saturated rings. The molecule has 0 unspecified atom stereocenters. The Morgan fingerprint density at radius 2 is 1.73 bits per heavy atom. The molecule has 8 heteroatoms. The van der Waals surface area contributed by atoms with Crippen LogP contribution in [0.15, 0.2) is 47.4 Å². The van der Waals surface area contributed by atoms with Crippen LogP contribution in [0.25, 0.3) is 0 Å². The Hall–Kier alpha value is -2.09. The molecule has 0 aliphatic carbocycles. The zero-order valence-corrected chi connectivity index (χ0v) is 12.1. The molecule has 0 spiro atoms. The number of hydrogen-bond donors (Lipinski definition) is 1. The van der Waals surface area contributed by atoms with Crippen LogP contribution in [0.1, 0.15) is 11.1 Å². The molecule has 0 bridgehead atoms. The lowest BCUT2D eigenvalue weighted by molar-refractivity contribution is -0.137. The van der Waals surface area contributed by atoms with Gasteiger partial charge in [-0.2, -0.15) is 13.2 Å². The Bertz CT molecular complexity index is 801. The average molecular weight is 333 g/mol. The summed E-state index contributed by atoms with van der Waals surface area (Å²) in [7, 11) is -4.20. The predicted octanol–water partition coefficient (Wildman–Crippen LogP) is 3.95. The van der Waals surface area contributed by atoms with Crippen LogP contribution in [0.5, 0.6) is 0 Å². The summed E-state index contributed by atoms with van der Waals surface area (Å²) < 4.78 is 77.3. The summed E-state index contributed by atoms with van der Waals surface area (Å²) in [6, 6.07) is 6.76. The summed E-state index contributed by atoms with van der Waals surface area (Å²) in [6.07, 6.45) is -4.64. The summed E-state index contributed by atoms with van der Waals surface area (Å²) in [5.41, 5.74) is -0.652. The Morgan fingerprint density at radius 1 is 1.05 bits per heavy atom. The van der Waals surface area contributed by atoms with Crippen LogP contribution in [0.4, 0.5) is 23.2 Å². The van der Waals surface area contributed by atoms with Crippen molar-refractivity contribution in [1.82, 2.24) is 0 Å². The fourth-order valence-corrected chi connectivity index (χ4v) is 2.96. The molecule has 22 heavy (non-hydrogen) atoms. The molecule has 1 N–H and O–H groups in total. The lowest BCUT2D eigenvalue weighted by atomic mass is 10.2. The highest BCUT2D eigenvalue weighted by Gasteiger charge is 2.31. The maximum absolute atomic E-state index is 13.0. The fraction of sp³-hybridized carbons (Fsp3) is 0.143. The van der Waals surface area contributed by atoms with E-state index in [1.165, 1.54) is 13.0 Å². The second-order valence-corrected chi connectivity index (χ2v) is 6.27. The molecular weight excluding hydrogens is 322 g/mol. The zero-order valence-electron chi connectivity index (χ0n) is 11.3. The minimum absolute atomic E-state index is 0.0961. The molecule has 2 aromatic rings. The Balaban J connectivity index is 2.39. The molecule has 0 aliphatic rings. The van der Waals surface area contributed by atoms with Crippen LogP contribution in [-0.2, 0) is 16.2 Å². The largest absolute Gasteiger partial charge is 0.416 e. The van der Waals surface area contributed by atoms with E-state index in [4.69, 9.17) is 0 Å². The number of aryl methyl sites for hydroxylation is 1. The van der Waals surface area contributed by atoms with E-state index in [0.717, 1.165) is 30.3 Å². The van der Waals surface area contributed by atoms with Gasteiger partial charge in [-0.05, 0) is 48.9 Å². The molecule has 2 rings (SSSR count). The number of alkyl halides is 3. The normalized spacial score (nSPS) is 12.2. The number of halogens is 4. The van der Waals surface area contributed by atoms with Gasteiger partial charge in [0.05, 0.1) is 16.1 Å². The number of anilines is 1. The average Bonchev–Trinajstić information content (AvgIpc) is 2.41. The van der Waals surface area contributed by atoms with Gasteiger partial charge >= 0.3 is 6.18 Å². The fourth-order valence-electron chi connectivity index (χ4n) is 1.78. The first kappa shape index (κ1) is 16.3. The number of hydrogen-bond acceptors (Lipinski definition) is 2. The molecule has 0 amide bonds. The van der Waals surface area contributed by atoms with E-state index in [-0.39, 0.29) is 5.69 Å². The van der Waals surface area contributed by atoms with Crippen LogP contribution < -0.4 is 4.72 Å². The molecule has 0 radical (unpaired) electrons. The summed E-state index contributed by atoms with van der Waals surface area (Å²) in [5, 5.41) is 0. The van der Waals surface area contributed by atoms with Gasteiger partial charge in [-0.1, -0.05) is 6.07 Å². The third kappa shape index (κ3) is 3.56. The standard InChI is InChI=1S/C14H11F4NO2S/c1-9-7-11(15)5-6-13(9)19-22(20,21)12-4-2-3-10(8-12)14(16,17)18/h2-8,19H,1H3. The number of sulfonamides is 1. The van der Waals surface area contributed by atoms with E-state index in [0.29, 0.717) is 11.6 Å². The third-order valence-corrected chi connectivity index (χ3v) is 4.27. The van der Waals surface area contributed by atoms with E-state index in [9.17, 15) is 26.0 Å². The van der Waals surface area contributed by atoms with Crippen molar-refractivity contribution in [3.8, 4) is 0 Å². The van der Waals surface area contributed by atoms with Crippen molar-refractivity contribution in [1.29, 1.82) is 0 Å². The lowest BCUT2D eigenvalue weighted by Crippen LogP contribution is -2.15. The molecule has 3 nitrogen and oxygen atoms in total. The third-order valence-electron chi connectivity index (χ3n) is 2.90. The van der Waals surface area contributed by atoms with Crippen LogP contribution in [-0.4, -0.2) is 8.42 Å². The quantitative estimate of drug-likeness (QED) is 0.865. The topological polar surface area (TPSA) is 46.2 Å². The predicted molar refractivity (Wildman–Crippen MR) is 73.4 cm³/mol. The number of nitrogens with one attached hydrogen (secondary N) is 1. The molecule has 0 atom stereocenters. The molecule has 0 saturated carbocycles. The van der Waals surface area contributed by atoms with Crippen molar-refractivity contribution in [3.05, 3.63) is 59.4 Å². The Kier molecular flexibility index (Phi) is 4.15. The minimum Gasteiger partial charge on any atom is -0.279 e. The van der Waals surface area contributed by atoms with Crippen LogP contribution in [0.3, 0.4) is 0 Å². The minimum atomic E-state index is -4.64. The van der Waals surface area contributed by atoms with Gasteiger partial charge in [-0.3, -0.25) is 4.72 Å². The van der Waals surface area contributed by atoms with Crippen molar-refractivity contribution in [2.24, 2.45) is 0 Å². The van der Waals surface area contributed by atoms with Gasteiger partial charge in [0.15, 0.2) is 0 Å². The second-order valence-electron chi connectivity index (χ2n) is 4.59. The molecule has 0 aromatic heterocycles. The number of rotatable bonds is 3. The zero-order chi connectivity index (χ0) is 16.5. The van der Waals surface area contributed by atoms with E-state index >= 15 is 0 Å². The van der Waals surface area contributed by atoms with Crippen LogP contribution in [0.2, 0.25) is 0 Å². The summed E-state index contributed by atoms with van der Waals surface area (Å²) in [6.45, 7) is 1.48. The van der Waals surface area contributed by atoms with Gasteiger partial charge in [0.1, 0.15) is 5.82 Å². The summed E-state index contributed by atoms with van der Waals surface area (Å²) >= 11 is 0. The van der Waals surface area contributed by atoms with Gasteiger partial charge in [0, 0.05) is 0 Å². The lowest BCUT2D eigenvalue weighted by Gasteiger charge is -2.12. The van der Waals surface area contributed by atoms with Crippen molar-refractivity contribution in [3.63, 3.8) is 0 Å². The summed E-state index contributed by atoms with van der Waals surface area (Å²) in [4.78, 5) is -0.522. The van der Waals surface area contributed by atoms with E-state index in [1.807, 2.05) is 0 Å². The van der Waals surface area contributed by atoms with E-state index in [2.05, 4.69) is 4.72 Å². The van der Waals surface area contributed by atoms with Gasteiger partial charge in [0.25, 0.3) is 10.0 Å². The monoisotopic (exact) mass is 333 g/mol. The molecule has 0 heterocycles. The molecule has 0 aliphatic heterocycles. The number of benzene rings is 2. The van der Waals surface area contributed by atoms with Crippen LogP contribution >= 0.6 is 0 Å². The van der Waals surface area contributed by atoms with E-state index < -0.39 is 32.5 Å². The first-order valence-corrected chi connectivity index (χ1v) is 7.54. The maximum Gasteiger partial charge on any atom is 0.416 e.